The van der Waals surface area contributed by atoms with E-state index in [-0.39, 0.29) is 35.3 Å². The maximum atomic E-state index is 11.9. The molecule has 0 N–H and O–H groups in total. The quantitative estimate of drug-likeness (QED) is 0.302. The summed E-state index contributed by atoms with van der Waals surface area (Å²) in [5.74, 6) is -0.969. The lowest BCUT2D eigenvalue weighted by Crippen LogP contribution is -2.18. The van der Waals surface area contributed by atoms with E-state index in [1.165, 1.54) is 30.3 Å². The standard InChI is InChI=1S/C19H19NO7/c1-13(2)11-26-19(22)14-6-5-7-15(10-14)27-18(21)12-25-17-9-4-3-8-16(17)20(23)24/h3-10,13H,11-12H2,1-2H3. The number of nitro benzene ring substituents is 1. The van der Waals surface area contributed by atoms with E-state index in [0.717, 1.165) is 0 Å². The number of nitrogens with zero attached hydrogens (tertiary/aromatic N) is 1. The maximum Gasteiger partial charge on any atom is 0.349 e. The monoisotopic (exact) mass is 373 g/mol. The van der Waals surface area contributed by atoms with Gasteiger partial charge < -0.3 is 14.2 Å². The molecule has 0 heterocycles. The third-order valence-electron chi connectivity index (χ3n) is 3.26. The van der Waals surface area contributed by atoms with Gasteiger partial charge in [0.05, 0.1) is 17.1 Å². The summed E-state index contributed by atoms with van der Waals surface area (Å²) in [4.78, 5) is 34.2. The molecule has 0 radical (unpaired) electrons. The number of para-hydroxylation sites is 2. The number of esters is 2. The maximum absolute atomic E-state index is 11.9. The van der Waals surface area contributed by atoms with E-state index in [9.17, 15) is 19.7 Å². The second kappa shape index (κ2) is 9.33. The van der Waals surface area contributed by atoms with E-state index in [2.05, 4.69) is 0 Å². The smallest absolute Gasteiger partial charge is 0.349 e. The Labute approximate surface area is 155 Å². The number of nitro groups is 1. The Kier molecular flexibility index (Phi) is 6.87. The van der Waals surface area contributed by atoms with Crippen LogP contribution in [0.4, 0.5) is 5.69 Å². The van der Waals surface area contributed by atoms with Crippen LogP contribution in [0.3, 0.4) is 0 Å². The van der Waals surface area contributed by atoms with Gasteiger partial charge in [-0.15, -0.1) is 0 Å². The fourth-order valence-electron chi connectivity index (χ4n) is 2.04. The van der Waals surface area contributed by atoms with Crippen LogP contribution in [0, 0.1) is 16.0 Å². The molecule has 0 aromatic heterocycles. The number of ether oxygens (including phenoxy) is 3. The summed E-state index contributed by atoms with van der Waals surface area (Å²) in [7, 11) is 0. The van der Waals surface area contributed by atoms with Gasteiger partial charge in [-0.2, -0.15) is 0 Å². The Hall–Kier alpha value is -3.42. The molecule has 142 valence electrons. The molecule has 2 rings (SSSR count). The predicted molar refractivity (Wildman–Crippen MR) is 95.8 cm³/mol. The van der Waals surface area contributed by atoms with Crippen LogP contribution in [-0.4, -0.2) is 30.1 Å². The van der Waals surface area contributed by atoms with Gasteiger partial charge in [0.1, 0.15) is 5.75 Å². The molecule has 0 atom stereocenters. The summed E-state index contributed by atoms with van der Waals surface area (Å²) in [5.41, 5.74) is 0.000705. The van der Waals surface area contributed by atoms with Gasteiger partial charge in [-0.25, -0.2) is 9.59 Å². The van der Waals surface area contributed by atoms with Crippen LogP contribution in [0.2, 0.25) is 0 Å². The van der Waals surface area contributed by atoms with E-state index in [0.29, 0.717) is 0 Å². The third kappa shape index (κ3) is 6.10. The van der Waals surface area contributed by atoms with E-state index in [1.807, 2.05) is 13.8 Å². The summed E-state index contributed by atoms with van der Waals surface area (Å²) in [6.45, 7) is 3.60. The molecule has 0 fully saturated rings. The first kappa shape index (κ1) is 19.9. The van der Waals surface area contributed by atoms with Gasteiger partial charge in [0.2, 0.25) is 0 Å². The van der Waals surface area contributed by atoms with Crippen molar-refractivity contribution >= 4 is 17.6 Å². The molecule has 0 spiro atoms. The Morgan fingerprint density at radius 3 is 2.56 bits per heavy atom. The van der Waals surface area contributed by atoms with Crippen molar-refractivity contribution in [1.29, 1.82) is 0 Å². The number of hydrogen-bond acceptors (Lipinski definition) is 7. The number of benzene rings is 2. The SMILES string of the molecule is CC(C)COC(=O)c1cccc(OC(=O)COc2ccccc2[N+](=O)[O-])c1. The van der Waals surface area contributed by atoms with Crippen molar-refractivity contribution in [3.8, 4) is 11.5 Å². The first-order valence-corrected chi connectivity index (χ1v) is 8.21. The Balaban J connectivity index is 1.95. The van der Waals surface area contributed by atoms with Crippen LogP contribution in [0.15, 0.2) is 48.5 Å². The molecule has 8 nitrogen and oxygen atoms in total. The van der Waals surface area contributed by atoms with Gasteiger partial charge >= 0.3 is 17.6 Å². The molecule has 0 aliphatic carbocycles. The molecule has 8 heteroatoms. The van der Waals surface area contributed by atoms with Crippen LogP contribution in [-0.2, 0) is 9.53 Å². The van der Waals surface area contributed by atoms with Crippen LogP contribution in [0.5, 0.6) is 11.5 Å². The van der Waals surface area contributed by atoms with Crippen molar-refractivity contribution in [1.82, 2.24) is 0 Å². The Bertz CT molecular complexity index is 832. The third-order valence-corrected chi connectivity index (χ3v) is 3.26. The van der Waals surface area contributed by atoms with Crippen molar-refractivity contribution in [2.75, 3.05) is 13.2 Å². The minimum absolute atomic E-state index is 0.0366. The number of carbonyl (C=O) groups excluding carboxylic acids is 2. The lowest BCUT2D eigenvalue weighted by molar-refractivity contribution is -0.385. The van der Waals surface area contributed by atoms with Gasteiger partial charge in [-0.1, -0.05) is 32.0 Å². The van der Waals surface area contributed by atoms with Crippen molar-refractivity contribution < 1.29 is 28.7 Å². The highest BCUT2D eigenvalue weighted by Crippen LogP contribution is 2.25. The molecule has 2 aromatic rings. The van der Waals surface area contributed by atoms with Gasteiger partial charge in [0, 0.05) is 6.07 Å². The lowest BCUT2D eigenvalue weighted by Gasteiger charge is -2.09. The number of carbonyl (C=O) groups is 2. The molecular weight excluding hydrogens is 354 g/mol. The van der Waals surface area contributed by atoms with E-state index in [1.54, 1.807) is 18.2 Å². The largest absolute Gasteiger partial charge is 0.475 e. The summed E-state index contributed by atoms with van der Waals surface area (Å²) in [5, 5.41) is 10.9. The molecule has 0 saturated heterocycles. The zero-order valence-corrected chi connectivity index (χ0v) is 14.9. The minimum atomic E-state index is -0.763. The molecule has 2 aromatic carbocycles. The molecular formula is C19H19NO7. The average Bonchev–Trinajstić information content (AvgIpc) is 2.64. The Morgan fingerprint density at radius 2 is 1.85 bits per heavy atom. The molecule has 0 saturated carbocycles. The first-order valence-electron chi connectivity index (χ1n) is 8.21. The van der Waals surface area contributed by atoms with Crippen molar-refractivity contribution in [3.63, 3.8) is 0 Å². The van der Waals surface area contributed by atoms with E-state index >= 15 is 0 Å². The Morgan fingerprint density at radius 1 is 1.11 bits per heavy atom. The highest BCUT2D eigenvalue weighted by Gasteiger charge is 2.16. The molecule has 0 unspecified atom stereocenters. The van der Waals surface area contributed by atoms with Crippen LogP contribution in [0.25, 0.3) is 0 Å². The fourth-order valence-corrected chi connectivity index (χ4v) is 2.04. The van der Waals surface area contributed by atoms with Gasteiger partial charge in [0.15, 0.2) is 12.4 Å². The number of hydrogen-bond donors (Lipinski definition) is 0. The summed E-state index contributed by atoms with van der Waals surface area (Å²) >= 11 is 0. The van der Waals surface area contributed by atoms with Crippen molar-refractivity contribution in [2.24, 2.45) is 5.92 Å². The molecule has 0 aliphatic rings. The summed E-state index contributed by atoms with van der Waals surface area (Å²) in [6, 6.07) is 11.7. The van der Waals surface area contributed by atoms with E-state index < -0.39 is 23.5 Å². The van der Waals surface area contributed by atoms with Gasteiger partial charge in [-0.05, 0) is 30.2 Å². The topological polar surface area (TPSA) is 105 Å². The zero-order valence-electron chi connectivity index (χ0n) is 14.9. The lowest BCUT2D eigenvalue weighted by atomic mass is 10.2. The first-order chi connectivity index (χ1) is 12.9. The van der Waals surface area contributed by atoms with E-state index in [4.69, 9.17) is 14.2 Å². The molecule has 0 amide bonds. The minimum Gasteiger partial charge on any atom is -0.475 e. The fraction of sp³-hybridized carbons (Fsp3) is 0.263. The van der Waals surface area contributed by atoms with Crippen LogP contribution >= 0.6 is 0 Å². The number of rotatable bonds is 8. The van der Waals surface area contributed by atoms with Crippen LogP contribution in [0.1, 0.15) is 24.2 Å². The summed E-state index contributed by atoms with van der Waals surface area (Å²) in [6.07, 6.45) is 0. The highest BCUT2D eigenvalue weighted by atomic mass is 16.6. The summed E-state index contributed by atoms with van der Waals surface area (Å²) < 4.78 is 15.4. The zero-order chi connectivity index (χ0) is 19.8. The average molecular weight is 373 g/mol. The van der Waals surface area contributed by atoms with Gasteiger partial charge in [0.25, 0.3) is 0 Å². The van der Waals surface area contributed by atoms with Gasteiger partial charge in [-0.3, -0.25) is 10.1 Å². The van der Waals surface area contributed by atoms with Crippen molar-refractivity contribution in [2.45, 2.75) is 13.8 Å². The van der Waals surface area contributed by atoms with Crippen LogP contribution < -0.4 is 9.47 Å². The second-order valence-electron chi connectivity index (χ2n) is 6.01. The molecule has 0 bridgehead atoms. The normalized spacial score (nSPS) is 10.3. The van der Waals surface area contributed by atoms with Crippen molar-refractivity contribution in [3.05, 3.63) is 64.2 Å². The second-order valence-corrected chi connectivity index (χ2v) is 6.01. The molecule has 0 aliphatic heterocycles. The highest BCUT2D eigenvalue weighted by molar-refractivity contribution is 5.90. The predicted octanol–water partition coefficient (Wildman–Crippen LogP) is 3.39. The molecule has 27 heavy (non-hydrogen) atoms.